The van der Waals surface area contributed by atoms with Gasteiger partial charge in [-0.25, -0.2) is 0 Å². The van der Waals surface area contributed by atoms with Crippen molar-refractivity contribution in [3.63, 3.8) is 0 Å². The summed E-state index contributed by atoms with van der Waals surface area (Å²) in [4.78, 5) is 0. The van der Waals surface area contributed by atoms with E-state index in [1.54, 1.807) is 5.57 Å². The molecule has 0 amide bonds. The monoisotopic (exact) mass is 317 g/mol. The normalized spacial score (nSPS) is 18.2. The minimum atomic E-state index is 0.000226. The number of benzene rings is 2. The topological polar surface area (TPSA) is 23.9 Å². The smallest absolute Gasteiger partial charge is 0.0259 e. The predicted octanol–water partition coefficient (Wildman–Crippen LogP) is 6.42. The molecule has 2 aromatic carbocycles. The Bertz CT molecular complexity index is 865. The van der Waals surface area contributed by atoms with E-state index < -0.39 is 0 Å². The van der Waals surface area contributed by atoms with Crippen LogP contribution in [0.1, 0.15) is 52.2 Å². The average Bonchev–Trinajstić information content (AvgIpc) is 2.79. The Kier molecular flexibility index (Phi) is 4.21. The zero-order chi connectivity index (χ0) is 17.5. The number of fused-ring (bicyclic) bond motifs is 1. The van der Waals surface area contributed by atoms with Gasteiger partial charge in [-0.15, -0.1) is 0 Å². The number of hydrogen-bond acceptors (Lipinski definition) is 1. The van der Waals surface area contributed by atoms with Crippen LogP contribution in [0, 0.1) is 11.3 Å². The maximum Gasteiger partial charge on any atom is 0.0259 e. The molecule has 24 heavy (non-hydrogen) atoms. The molecule has 2 aromatic rings. The first-order valence-corrected chi connectivity index (χ1v) is 8.76. The fourth-order valence-corrected chi connectivity index (χ4v) is 4.10. The van der Waals surface area contributed by atoms with Gasteiger partial charge in [0.1, 0.15) is 0 Å². The van der Waals surface area contributed by atoms with Gasteiger partial charge in [-0.05, 0) is 53.5 Å². The number of nitrogens with one attached hydrogen (secondary N) is 1. The maximum absolute atomic E-state index is 8.00. The Hall–Kier alpha value is -2.15. The van der Waals surface area contributed by atoms with Gasteiger partial charge in [-0.1, -0.05) is 74.4 Å². The Morgan fingerprint density at radius 1 is 1.08 bits per heavy atom. The van der Waals surface area contributed by atoms with Crippen LogP contribution in [-0.4, -0.2) is 6.21 Å². The first-order chi connectivity index (χ1) is 11.3. The summed E-state index contributed by atoms with van der Waals surface area (Å²) in [5.74, 6) is 0.521. The van der Waals surface area contributed by atoms with Crippen LogP contribution in [0.2, 0.25) is 0 Å². The molecule has 0 saturated heterocycles. The van der Waals surface area contributed by atoms with Crippen molar-refractivity contribution in [1.29, 1.82) is 5.41 Å². The van der Waals surface area contributed by atoms with Crippen LogP contribution in [0.3, 0.4) is 0 Å². The van der Waals surface area contributed by atoms with Crippen molar-refractivity contribution in [3.05, 3.63) is 70.3 Å². The van der Waals surface area contributed by atoms with Crippen molar-refractivity contribution in [2.45, 2.75) is 46.5 Å². The second-order valence-electron chi connectivity index (χ2n) is 7.74. The first kappa shape index (κ1) is 16.7. The van der Waals surface area contributed by atoms with Gasteiger partial charge in [-0.3, -0.25) is 0 Å². The standard InChI is InChI=1S/C23H27N/c1-15-12-16(2)20(17(15)3)13-23(4,5)22-11-10-18-8-6-7-9-19(18)21(22)14-24/h6-12,14,16,24H,13H2,1-5H3. The highest BCUT2D eigenvalue weighted by Crippen LogP contribution is 2.41. The Labute approximate surface area is 145 Å². The molecule has 0 aliphatic heterocycles. The SMILES string of the molecule is CC1=CC(C)C(CC(C)(C)c2ccc3ccccc3c2C=N)=C1C. The van der Waals surface area contributed by atoms with E-state index in [0.29, 0.717) is 5.92 Å². The minimum absolute atomic E-state index is 0.000226. The summed E-state index contributed by atoms with van der Waals surface area (Å²) in [6.45, 7) is 11.4. The lowest BCUT2D eigenvalue weighted by atomic mass is 9.74. The molecule has 1 N–H and O–H groups in total. The lowest BCUT2D eigenvalue weighted by molar-refractivity contribution is 0.501. The summed E-state index contributed by atoms with van der Waals surface area (Å²) in [5, 5.41) is 10.4. The van der Waals surface area contributed by atoms with Gasteiger partial charge in [0.05, 0.1) is 0 Å². The Morgan fingerprint density at radius 2 is 1.79 bits per heavy atom. The van der Waals surface area contributed by atoms with Crippen LogP contribution in [0.25, 0.3) is 10.8 Å². The molecule has 1 aliphatic carbocycles. The Balaban J connectivity index is 2.08. The third kappa shape index (κ3) is 2.73. The lowest BCUT2D eigenvalue weighted by Gasteiger charge is -2.30. The summed E-state index contributed by atoms with van der Waals surface area (Å²) in [6.07, 6.45) is 4.94. The van der Waals surface area contributed by atoms with E-state index in [1.807, 2.05) is 0 Å². The van der Waals surface area contributed by atoms with Crippen molar-refractivity contribution in [2.24, 2.45) is 5.92 Å². The molecule has 3 rings (SSSR count). The van der Waals surface area contributed by atoms with E-state index in [2.05, 4.69) is 77.1 Å². The summed E-state index contributed by atoms with van der Waals surface area (Å²) >= 11 is 0. The molecule has 0 fully saturated rings. The molecule has 1 unspecified atom stereocenters. The molecule has 0 saturated carbocycles. The van der Waals surface area contributed by atoms with E-state index >= 15 is 0 Å². The summed E-state index contributed by atoms with van der Waals surface area (Å²) in [5.41, 5.74) is 6.74. The van der Waals surface area contributed by atoms with Crippen LogP contribution in [-0.2, 0) is 5.41 Å². The largest absolute Gasteiger partial charge is 0.308 e. The summed E-state index contributed by atoms with van der Waals surface area (Å²) in [7, 11) is 0. The van der Waals surface area contributed by atoms with E-state index in [4.69, 9.17) is 5.41 Å². The van der Waals surface area contributed by atoms with Crippen molar-refractivity contribution in [3.8, 4) is 0 Å². The second-order valence-corrected chi connectivity index (χ2v) is 7.74. The molecule has 0 spiro atoms. The van der Waals surface area contributed by atoms with E-state index in [9.17, 15) is 0 Å². The molecule has 124 valence electrons. The van der Waals surface area contributed by atoms with Gasteiger partial charge in [-0.2, -0.15) is 0 Å². The van der Waals surface area contributed by atoms with Crippen LogP contribution in [0.15, 0.2) is 59.2 Å². The van der Waals surface area contributed by atoms with Gasteiger partial charge >= 0.3 is 0 Å². The molecular formula is C23H27N. The molecular weight excluding hydrogens is 290 g/mol. The number of hydrogen-bond donors (Lipinski definition) is 1. The third-order valence-corrected chi connectivity index (χ3v) is 5.60. The van der Waals surface area contributed by atoms with Gasteiger partial charge in [0, 0.05) is 11.8 Å². The van der Waals surface area contributed by atoms with Crippen LogP contribution in [0.5, 0.6) is 0 Å². The van der Waals surface area contributed by atoms with Crippen LogP contribution >= 0.6 is 0 Å². The minimum Gasteiger partial charge on any atom is -0.308 e. The summed E-state index contributed by atoms with van der Waals surface area (Å²) < 4.78 is 0. The van der Waals surface area contributed by atoms with Crippen molar-refractivity contribution < 1.29 is 0 Å². The molecule has 1 nitrogen and oxygen atoms in total. The quantitative estimate of drug-likeness (QED) is 0.629. The van der Waals surface area contributed by atoms with Gasteiger partial charge in [0.15, 0.2) is 0 Å². The molecule has 0 aromatic heterocycles. The fourth-order valence-electron chi connectivity index (χ4n) is 4.10. The van der Waals surface area contributed by atoms with Crippen molar-refractivity contribution in [2.75, 3.05) is 0 Å². The van der Waals surface area contributed by atoms with E-state index in [-0.39, 0.29) is 5.41 Å². The fraction of sp³-hybridized carbons (Fsp3) is 0.348. The number of rotatable bonds is 4. The second kappa shape index (κ2) is 6.05. The van der Waals surface area contributed by atoms with E-state index in [0.717, 1.165) is 12.0 Å². The molecule has 0 radical (unpaired) electrons. The molecule has 1 heteroatoms. The van der Waals surface area contributed by atoms with Crippen molar-refractivity contribution >= 4 is 17.0 Å². The maximum atomic E-state index is 8.00. The van der Waals surface area contributed by atoms with E-state index in [1.165, 1.54) is 33.7 Å². The zero-order valence-corrected chi connectivity index (χ0v) is 15.4. The zero-order valence-electron chi connectivity index (χ0n) is 15.4. The van der Waals surface area contributed by atoms with Crippen LogP contribution < -0.4 is 0 Å². The van der Waals surface area contributed by atoms with Gasteiger partial charge in [0.2, 0.25) is 0 Å². The highest BCUT2D eigenvalue weighted by Gasteiger charge is 2.29. The summed E-state index contributed by atoms with van der Waals surface area (Å²) in [6, 6.07) is 12.8. The Morgan fingerprint density at radius 3 is 2.42 bits per heavy atom. The molecule has 0 bridgehead atoms. The van der Waals surface area contributed by atoms with Crippen LogP contribution in [0.4, 0.5) is 0 Å². The average molecular weight is 317 g/mol. The lowest BCUT2D eigenvalue weighted by Crippen LogP contribution is -2.21. The third-order valence-electron chi connectivity index (χ3n) is 5.60. The number of allylic oxidation sites excluding steroid dienone is 4. The molecule has 1 aliphatic rings. The van der Waals surface area contributed by atoms with Gasteiger partial charge < -0.3 is 5.41 Å². The molecule has 1 atom stereocenters. The predicted molar refractivity (Wildman–Crippen MR) is 105 cm³/mol. The van der Waals surface area contributed by atoms with Crippen molar-refractivity contribution in [1.82, 2.24) is 0 Å². The van der Waals surface area contributed by atoms with Gasteiger partial charge in [0.25, 0.3) is 0 Å². The highest BCUT2D eigenvalue weighted by atomic mass is 14.4. The first-order valence-electron chi connectivity index (χ1n) is 8.76. The highest BCUT2D eigenvalue weighted by molar-refractivity contribution is 6.00. The molecule has 0 heterocycles.